The van der Waals surface area contributed by atoms with E-state index in [1.54, 1.807) is 12.1 Å². The average Bonchev–Trinajstić information content (AvgIpc) is 2.62. The molecule has 4 aromatic carbocycles. The van der Waals surface area contributed by atoms with Crippen LogP contribution >= 0.6 is 0 Å². The summed E-state index contributed by atoms with van der Waals surface area (Å²) in [5, 5.41) is 3.95. The second kappa shape index (κ2) is 6.66. The molecule has 0 aliphatic carbocycles. The topological polar surface area (TPSA) is 0 Å². The van der Waals surface area contributed by atoms with Gasteiger partial charge in [0.2, 0.25) is 0 Å². The van der Waals surface area contributed by atoms with Crippen LogP contribution in [0.5, 0.6) is 0 Å². The van der Waals surface area contributed by atoms with E-state index >= 15 is 0 Å². The Morgan fingerprint density at radius 2 is 0.917 bits per heavy atom. The predicted octanol–water partition coefficient (Wildman–Crippen LogP) is 3.55. The molecular weight excluding hydrogens is 436 g/mol. The van der Waals surface area contributed by atoms with Crippen molar-refractivity contribution in [3.63, 3.8) is 0 Å². The zero-order valence-corrected chi connectivity index (χ0v) is 15.9. The SMILES string of the molecule is Fc1ccc2ccccc2c1[Se][Se]c1c(F)ccc2ccccc12. The molecule has 4 heteroatoms. The second-order valence-corrected chi connectivity index (χ2v) is 11.4. The number of rotatable bonds is 3. The van der Waals surface area contributed by atoms with Crippen LogP contribution in [0.15, 0.2) is 72.8 Å². The van der Waals surface area contributed by atoms with Gasteiger partial charge in [-0.25, -0.2) is 0 Å². The van der Waals surface area contributed by atoms with Crippen LogP contribution in [0.2, 0.25) is 0 Å². The third kappa shape index (κ3) is 2.87. The van der Waals surface area contributed by atoms with Crippen molar-refractivity contribution in [1.82, 2.24) is 0 Å². The van der Waals surface area contributed by atoms with Gasteiger partial charge in [0.15, 0.2) is 0 Å². The molecule has 0 heterocycles. The summed E-state index contributed by atoms with van der Waals surface area (Å²) in [6.07, 6.45) is 0. The van der Waals surface area contributed by atoms with Crippen molar-refractivity contribution in [3.05, 3.63) is 84.4 Å². The van der Waals surface area contributed by atoms with Gasteiger partial charge in [0.05, 0.1) is 0 Å². The first kappa shape index (κ1) is 15.8. The Bertz CT molecular complexity index is 959. The molecule has 0 radical (unpaired) electrons. The molecule has 0 amide bonds. The van der Waals surface area contributed by atoms with Gasteiger partial charge in [-0.3, -0.25) is 0 Å². The molecule has 118 valence electrons. The van der Waals surface area contributed by atoms with Gasteiger partial charge < -0.3 is 0 Å². The zero-order chi connectivity index (χ0) is 16.5. The Hall–Kier alpha value is -1.70. The minimum absolute atomic E-state index is 0.122. The maximum absolute atomic E-state index is 14.4. The van der Waals surface area contributed by atoms with E-state index in [1.165, 1.54) is 12.1 Å². The van der Waals surface area contributed by atoms with Gasteiger partial charge in [-0.05, 0) is 0 Å². The molecule has 0 fully saturated rings. The Balaban J connectivity index is 1.77. The van der Waals surface area contributed by atoms with Gasteiger partial charge in [-0.1, -0.05) is 0 Å². The average molecular weight is 448 g/mol. The fourth-order valence-corrected chi connectivity index (χ4v) is 10.3. The minimum atomic E-state index is -0.184. The van der Waals surface area contributed by atoms with Gasteiger partial charge in [-0.15, -0.1) is 0 Å². The van der Waals surface area contributed by atoms with Crippen LogP contribution in [0.25, 0.3) is 21.5 Å². The molecule has 0 N–H and O–H groups in total. The Kier molecular flexibility index (Phi) is 4.39. The number of halogens is 2. The molecule has 0 saturated heterocycles. The number of hydrogen-bond donors (Lipinski definition) is 0. The van der Waals surface area contributed by atoms with Gasteiger partial charge in [0.1, 0.15) is 0 Å². The third-order valence-electron chi connectivity index (χ3n) is 3.87. The van der Waals surface area contributed by atoms with Crippen molar-refractivity contribution in [1.29, 1.82) is 0 Å². The molecule has 0 saturated carbocycles. The molecule has 0 nitrogen and oxygen atoms in total. The fourth-order valence-electron chi connectivity index (χ4n) is 2.69. The van der Waals surface area contributed by atoms with Crippen molar-refractivity contribution in [2.75, 3.05) is 0 Å². The summed E-state index contributed by atoms with van der Waals surface area (Å²) in [7, 11) is 0. The Morgan fingerprint density at radius 3 is 1.38 bits per heavy atom. The third-order valence-corrected chi connectivity index (χ3v) is 11.0. The van der Waals surface area contributed by atoms with Crippen LogP contribution in [-0.2, 0) is 0 Å². The molecule has 0 aliphatic rings. The summed E-state index contributed by atoms with van der Waals surface area (Å²) in [5.74, 6) is -0.368. The van der Waals surface area contributed by atoms with E-state index in [0.29, 0.717) is 0 Å². The van der Waals surface area contributed by atoms with Crippen molar-refractivity contribution < 1.29 is 8.78 Å². The normalized spacial score (nSPS) is 11.2. The van der Waals surface area contributed by atoms with E-state index in [-0.39, 0.29) is 37.9 Å². The van der Waals surface area contributed by atoms with Crippen LogP contribution in [0.4, 0.5) is 8.78 Å². The summed E-state index contributed by atoms with van der Waals surface area (Å²) in [6.45, 7) is 0. The first-order valence-electron chi connectivity index (χ1n) is 7.43. The van der Waals surface area contributed by atoms with Gasteiger partial charge >= 0.3 is 150 Å². The second-order valence-electron chi connectivity index (χ2n) is 5.36. The molecule has 0 aliphatic heterocycles. The summed E-state index contributed by atoms with van der Waals surface area (Å²) in [5.41, 5.74) is 0. The van der Waals surface area contributed by atoms with E-state index in [9.17, 15) is 8.78 Å². The van der Waals surface area contributed by atoms with Crippen LogP contribution in [0, 0.1) is 11.6 Å². The van der Waals surface area contributed by atoms with E-state index in [4.69, 9.17) is 0 Å². The molecule has 0 spiro atoms. The summed E-state index contributed by atoms with van der Waals surface area (Å²) in [4.78, 5) is 0. The molecule has 24 heavy (non-hydrogen) atoms. The number of benzene rings is 4. The molecule has 0 aromatic heterocycles. The summed E-state index contributed by atoms with van der Waals surface area (Å²) >= 11 is -0.244. The zero-order valence-electron chi connectivity index (χ0n) is 12.5. The van der Waals surface area contributed by atoms with Crippen molar-refractivity contribution >= 4 is 56.7 Å². The van der Waals surface area contributed by atoms with Gasteiger partial charge in [0, 0.05) is 0 Å². The van der Waals surface area contributed by atoms with Gasteiger partial charge in [-0.2, -0.15) is 0 Å². The molecule has 4 aromatic rings. The first-order valence-corrected chi connectivity index (χ1v) is 13.5. The monoisotopic (exact) mass is 450 g/mol. The number of fused-ring (bicyclic) bond motifs is 2. The molecule has 0 unspecified atom stereocenters. The molecular formula is C20H12F2Se2. The number of hydrogen-bond acceptors (Lipinski definition) is 0. The van der Waals surface area contributed by atoms with Crippen LogP contribution < -0.4 is 8.92 Å². The predicted molar refractivity (Wildman–Crippen MR) is 98.6 cm³/mol. The van der Waals surface area contributed by atoms with E-state index in [0.717, 1.165) is 30.5 Å². The van der Waals surface area contributed by atoms with E-state index in [2.05, 4.69) is 0 Å². The quantitative estimate of drug-likeness (QED) is 0.421. The van der Waals surface area contributed by atoms with Crippen molar-refractivity contribution in [3.8, 4) is 0 Å². The molecule has 0 bridgehead atoms. The van der Waals surface area contributed by atoms with Crippen LogP contribution in [-0.4, -0.2) is 26.3 Å². The Morgan fingerprint density at radius 1 is 0.500 bits per heavy atom. The standard InChI is InChI=1S/C20H12F2Se2/c21-17-11-9-13-5-1-3-7-15(13)19(17)23-24-20-16-8-4-2-6-14(16)10-12-18(20)22/h1-12H. The first-order chi connectivity index (χ1) is 11.7. The van der Waals surface area contributed by atoms with E-state index < -0.39 is 0 Å². The van der Waals surface area contributed by atoms with Crippen LogP contribution in [0.1, 0.15) is 0 Å². The molecule has 4 rings (SSSR count). The summed E-state index contributed by atoms with van der Waals surface area (Å²) < 4.78 is 30.2. The van der Waals surface area contributed by atoms with E-state index in [1.807, 2.05) is 48.5 Å². The van der Waals surface area contributed by atoms with Gasteiger partial charge in [0.25, 0.3) is 0 Å². The molecule has 0 atom stereocenters. The summed E-state index contributed by atoms with van der Waals surface area (Å²) in [6, 6.07) is 22.3. The Labute approximate surface area is 149 Å². The van der Waals surface area contributed by atoms with Crippen molar-refractivity contribution in [2.45, 2.75) is 0 Å². The fraction of sp³-hybridized carbons (Fsp3) is 0. The van der Waals surface area contributed by atoms with Crippen LogP contribution in [0.3, 0.4) is 0 Å². The maximum atomic E-state index is 14.4. The van der Waals surface area contributed by atoms with Crippen molar-refractivity contribution in [2.24, 2.45) is 0 Å².